The van der Waals surface area contributed by atoms with Gasteiger partial charge >= 0.3 is 0 Å². The normalized spacial score (nSPS) is 17.5. The van der Waals surface area contributed by atoms with Crippen LogP contribution in [0, 0.1) is 0 Å². The molecule has 0 aromatic heterocycles. The first-order valence-corrected chi connectivity index (χ1v) is 11.9. The second kappa shape index (κ2) is 8.75. The van der Waals surface area contributed by atoms with Crippen LogP contribution < -0.4 is 5.73 Å². The molecule has 3 aromatic carbocycles. The highest BCUT2D eigenvalue weighted by molar-refractivity contribution is 8.16. The van der Waals surface area contributed by atoms with Crippen LogP contribution in [0.25, 0.3) is 16.8 Å². The fourth-order valence-electron chi connectivity index (χ4n) is 4.20. The molecule has 0 saturated carbocycles. The predicted molar refractivity (Wildman–Crippen MR) is 138 cm³/mol. The van der Waals surface area contributed by atoms with Gasteiger partial charge in [-0.15, -0.1) is 0 Å². The van der Waals surface area contributed by atoms with Crippen molar-refractivity contribution in [3.05, 3.63) is 111 Å². The molecule has 4 nitrogen and oxygen atoms in total. The highest BCUT2D eigenvalue weighted by atomic mass is 35.5. The van der Waals surface area contributed by atoms with Gasteiger partial charge in [-0.2, -0.15) is 0 Å². The first-order chi connectivity index (χ1) is 16.0. The zero-order chi connectivity index (χ0) is 23.1. The highest BCUT2D eigenvalue weighted by Crippen LogP contribution is 2.48. The third-order valence-corrected chi connectivity index (χ3v) is 7.43. The van der Waals surface area contributed by atoms with Gasteiger partial charge in [0.2, 0.25) is 5.91 Å². The van der Waals surface area contributed by atoms with E-state index in [1.165, 1.54) is 11.8 Å². The zero-order valence-corrected chi connectivity index (χ0v) is 20.0. The molecule has 7 heteroatoms. The van der Waals surface area contributed by atoms with Gasteiger partial charge < -0.3 is 10.6 Å². The van der Waals surface area contributed by atoms with Gasteiger partial charge in [0.1, 0.15) is 0 Å². The van der Waals surface area contributed by atoms with Crippen LogP contribution >= 0.6 is 35.0 Å². The molecule has 0 fully saturated rings. The summed E-state index contributed by atoms with van der Waals surface area (Å²) < 4.78 is 0. The van der Waals surface area contributed by atoms with Crippen LogP contribution in [0.1, 0.15) is 24.1 Å². The minimum absolute atomic E-state index is 0.396. The smallest absolute Gasteiger partial charge is 0.248 e. The van der Waals surface area contributed by atoms with Crippen LogP contribution in [0.4, 0.5) is 0 Å². The third-order valence-electron chi connectivity index (χ3n) is 5.76. The average molecular weight is 492 g/mol. The van der Waals surface area contributed by atoms with E-state index < -0.39 is 11.9 Å². The summed E-state index contributed by atoms with van der Waals surface area (Å²) in [6, 6.07) is 23.4. The molecule has 5 rings (SSSR count). The fraction of sp³-hybridized carbons (Fsp3) is 0.0769. The first-order valence-electron chi connectivity index (χ1n) is 10.3. The van der Waals surface area contributed by atoms with Crippen molar-refractivity contribution in [2.75, 3.05) is 0 Å². The lowest BCUT2D eigenvalue weighted by Crippen LogP contribution is -2.37. The molecular weight excluding hydrogens is 473 g/mol. The topological polar surface area (TPSA) is 58.7 Å². The third kappa shape index (κ3) is 3.86. The SMILES string of the molecule is CC1=C(C(N)=O)[C@@H](c2cccc(Cl)c2Cl)N2C(c3ccc(-c4ccccc4)cc3)=CSC2=N1. The maximum Gasteiger partial charge on any atom is 0.248 e. The Morgan fingerprint density at radius 1 is 0.939 bits per heavy atom. The van der Waals surface area contributed by atoms with Crippen molar-refractivity contribution >= 4 is 51.7 Å². The van der Waals surface area contributed by atoms with E-state index in [1.54, 1.807) is 13.0 Å². The second-order valence-corrected chi connectivity index (χ2v) is 9.36. The van der Waals surface area contributed by atoms with Crippen molar-refractivity contribution in [3.8, 4) is 11.1 Å². The van der Waals surface area contributed by atoms with E-state index in [4.69, 9.17) is 28.9 Å². The van der Waals surface area contributed by atoms with E-state index in [2.05, 4.69) is 41.4 Å². The largest absolute Gasteiger partial charge is 0.366 e. The number of nitrogens with zero attached hydrogens (tertiary/aromatic N) is 2. The summed E-state index contributed by atoms with van der Waals surface area (Å²) in [6.07, 6.45) is 0. The molecular formula is C26H19Cl2N3OS. The van der Waals surface area contributed by atoms with Gasteiger partial charge in [-0.05, 0) is 35.2 Å². The highest BCUT2D eigenvalue weighted by Gasteiger charge is 2.40. The van der Waals surface area contributed by atoms with E-state index in [1.807, 2.05) is 40.6 Å². The van der Waals surface area contributed by atoms with Crippen molar-refractivity contribution in [2.45, 2.75) is 13.0 Å². The van der Waals surface area contributed by atoms with E-state index in [9.17, 15) is 4.79 Å². The Morgan fingerprint density at radius 3 is 2.30 bits per heavy atom. The van der Waals surface area contributed by atoms with Gasteiger partial charge in [-0.1, -0.05) is 102 Å². The maximum absolute atomic E-state index is 12.5. The van der Waals surface area contributed by atoms with E-state index in [0.717, 1.165) is 27.6 Å². The number of carbonyl (C=O) groups excluding carboxylic acids is 1. The lowest BCUT2D eigenvalue weighted by atomic mass is 9.92. The Morgan fingerprint density at radius 2 is 1.61 bits per heavy atom. The Hall–Kier alpha value is -2.99. The number of carbonyl (C=O) groups is 1. The van der Waals surface area contributed by atoms with Crippen molar-refractivity contribution in [3.63, 3.8) is 0 Å². The number of hydrogen-bond acceptors (Lipinski definition) is 4. The van der Waals surface area contributed by atoms with Crippen LogP contribution in [0.3, 0.4) is 0 Å². The van der Waals surface area contributed by atoms with Crippen LogP contribution in [-0.2, 0) is 4.79 Å². The van der Waals surface area contributed by atoms with Crippen molar-refractivity contribution in [1.82, 2.24) is 4.90 Å². The summed E-state index contributed by atoms with van der Waals surface area (Å²) in [7, 11) is 0. The van der Waals surface area contributed by atoms with Gasteiger partial charge in [-0.25, -0.2) is 4.99 Å². The van der Waals surface area contributed by atoms with Crippen LogP contribution in [0.15, 0.2) is 94.5 Å². The molecule has 0 saturated heterocycles. The second-order valence-electron chi connectivity index (χ2n) is 7.74. The number of halogens is 2. The molecule has 2 N–H and O–H groups in total. The molecule has 3 aromatic rings. The van der Waals surface area contributed by atoms with E-state index >= 15 is 0 Å². The van der Waals surface area contributed by atoms with Gasteiger partial charge in [0.25, 0.3) is 0 Å². The number of aliphatic imine (C=N–C) groups is 1. The number of hydrogen-bond donors (Lipinski definition) is 1. The number of benzene rings is 3. The zero-order valence-electron chi connectivity index (χ0n) is 17.6. The van der Waals surface area contributed by atoms with Crippen molar-refractivity contribution < 1.29 is 4.79 Å². The molecule has 2 heterocycles. The van der Waals surface area contributed by atoms with E-state index in [0.29, 0.717) is 26.9 Å². The fourth-order valence-corrected chi connectivity index (χ4v) is 5.58. The number of amidine groups is 1. The minimum atomic E-state index is -0.535. The van der Waals surface area contributed by atoms with Crippen LogP contribution in [0.2, 0.25) is 10.0 Å². The molecule has 2 aliphatic heterocycles. The van der Waals surface area contributed by atoms with Gasteiger partial charge in [0.15, 0.2) is 5.17 Å². The number of nitrogens with two attached hydrogens (primary N) is 1. The molecule has 33 heavy (non-hydrogen) atoms. The summed E-state index contributed by atoms with van der Waals surface area (Å²) in [5, 5.41) is 3.62. The first kappa shape index (κ1) is 21.8. The monoisotopic (exact) mass is 491 g/mol. The lowest BCUT2D eigenvalue weighted by Gasteiger charge is -2.36. The van der Waals surface area contributed by atoms with Crippen molar-refractivity contribution in [1.29, 1.82) is 0 Å². The standard InChI is InChI=1S/C26H19Cl2N3OS/c1-15-22(25(29)32)24(19-8-5-9-20(27)23(19)28)31-21(14-33-26(31)30-15)18-12-10-17(11-13-18)16-6-3-2-4-7-16/h2-14,24H,1H3,(H2,29,32)/t24-/m1/s1. The predicted octanol–water partition coefficient (Wildman–Crippen LogP) is 6.88. The molecule has 0 radical (unpaired) electrons. The number of amides is 1. The summed E-state index contributed by atoms with van der Waals surface area (Å²) in [5.74, 6) is -0.535. The quantitative estimate of drug-likeness (QED) is 0.432. The summed E-state index contributed by atoms with van der Waals surface area (Å²) in [4.78, 5) is 19.2. The maximum atomic E-state index is 12.5. The van der Waals surface area contributed by atoms with E-state index in [-0.39, 0.29) is 0 Å². The van der Waals surface area contributed by atoms with Gasteiger partial charge in [-0.3, -0.25) is 4.79 Å². The number of thioether (sulfide) groups is 1. The number of rotatable bonds is 4. The molecule has 0 unspecified atom stereocenters. The number of primary amides is 1. The molecule has 0 aliphatic carbocycles. The Labute approximate surface area is 206 Å². The summed E-state index contributed by atoms with van der Waals surface area (Å²) in [6.45, 7) is 1.79. The van der Waals surface area contributed by atoms with Crippen LogP contribution in [0.5, 0.6) is 0 Å². The molecule has 1 amide bonds. The summed E-state index contributed by atoms with van der Waals surface area (Å²) >= 11 is 14.5. The van der Waals surface area contributed by atoms with Crippen LogP contribution in [-0.4, -0.2) is 16.0 Å². The van der Waals surface area contributed by atoms with Crippen molar-refractivity contribution in [2.24, 2.45) is 10.7 Å². The molecule has 2 aliphatic rings. The molecule has 0 spiro atoms. The Kier molecular flexibility index (Phi) is 5.79. The molecule has 0 bridgehead atoms. The molecule has 164 valence electrons. The molecule has 1 atom stereocenters. The van der Waals surface area contributed by atoms with Gasteiger partial charge in [0, 0.05) is 5.41 Å². The summed E-state index contributed by atoms with van der Waals surface area (Å²) in [5.41, 5.74) is 11.7. The average Bonchev–Trinajstić information content (AvgIpc) is 3.24. The number of allylic oxidation sites excluding steroid dienone is 1. The minimum Gasteiger partial charge on any atom is -0.366 e. The Balaban J connectivity index is 1.60. The Bertz CT molecular complexity index is 1350. The number of fused-ring (bicyclic) bond motifs is 1. The van der Waals surface area contributed by atoms with Gasteiger partial charge in [0.05, 0.1) is 33.1 Å². The lowest BCUT2D eigenvalue weighted by molar-refractivity contribution is -0.115.